The summed E-state index contributed by atoms with van der Waals surface area (Å²) in [4.78, 5) is 16.8. The molecule has 1 amide bonds. The smallest absolute Gasteiger partial charge is 0.236 e. The molecule has 2 aromatic carbocycles. The molecule has 0 aliphatic carbocycles. The predicted octanol–water partition coefficient (Wildman–Crippen LogP) is 4.00. The highest BCUT2D eigenvalue weighted by Crippen LogP contribution is 2.26. The van der Waals surface area contributed by atoms with E-state index in [0.717, 1.165) is 30.1 Å². The number of carbonyl (C=O) groups is 1. The molecule has 28 heavy (non-hydrogen) atoms. The molecule has 2 aromatic rings. The molecule has 0 unspecified atom stereocenters. The number of hydrogen-bond acceptors (Lipinski definition) is 4. The zero-order chi connectivity index (χ0) is 20.1. The summed E-state index contributed by atoms with van der Waals surface area (Å²) in [5, 5.41) is 4.47. The molecule has 0 radical (unpaired) electrons. The Bertz CT molecular complexity index is 806. The van der Waals surface area contributed by atoms with E-state index in [1.54, 1.807) is 19.2 Å². The van der Waals surface area contributed by atoms with E-state index in [2.05, 4.69) is 22.3 Å². The number of piperazine rings is 1. The largest absolute Gasteiger partial charge is 0.497 e. The SMILES string of the molecule is COc1ccc(N2CCN(C(=O)CN[C@@H](C)c3ccc(Cl)cc3Cl)CC2)cc1. The number of halogens is 2. The molecule has 1 saturated heterocycles. The highest BCUT2D eigenvalue weighted by Gasteiger charge is 2.22. The van der Waals surface area contributed by atoms with Gasteiger partial charge in [0.1, 0.15) is 5.75 Å². The lowest BCUT2D eigenvalue weighted by molar-refractivity contribution is -0.130. The first kappa shape index (κ1) is 20.8. The van der Waals surface area contributed by atoms with Gasteiger partial charge in [0.05, 0.1) is 13.7 Å². The lowest BCUT2D eigenvalue weighted by Crippen LogP contribution is -2.51. The van der Waals surface area contributed by atoms with Gasteiger partial charge in [-0.05, 0) is 48.9 Å². The second kappa shape index (κ2) is 9.50. The van der Waals surface area contributed by atoms with Gasteiger partial charge in [-0.15, -0.1) is 0 Å². The van der Waals surface area contributed by atoms with E-state index >= 15 is 0 Å². The van der Waals surface area contributed by atoms with Crippen molar-refractivity contribution in [1.29, 1.82) is 0 Å². The Morgan fingerprint density at radius 1 is 1.11 bits per heavy atom. The van der Waals surface area contributed by atoms with E-state index in [1.807, 2.05) is 30.0 Å². The average molecular weight is 422 g/mol. The van der Waals surface area contributed by atoms with Crippen molar-refractivity contribution < 1.29 is 9.53 Å². The quantitative estimate of drug-likeness (QED) is 0.765. The number of anilines is 1. The van der Waals surface area contributed by atoms with Crippen molar-refractivity contribution >= 4 is 34.8 Å². The predicted molar refractivity (Wildman–Crippen MR) is 115 cm³/mol. The molecule has 1 atom stereocenters. The molecule has 1 heterocycles. The van der Waals surface area contributed by atoms with Gasteiger partial charge in [-0.25, -0.2) is 0 Å². The molecule has 5 nitrogen and oxygen atoms in total. The number of ether oxygens (including phenoxy) is 1. The third-order valence-electron chi connectivity index (χ3n) is 5.06. The number of rotatable bonds is 6. The van der Waals surface area contributed by atoms with Crippen molar-refractivity contribution in [3.63, 3.8) is 0 Å². The lowest BCUT2D eigenvalue weighted by Gasteiger charge is -2.36. The van der Waals surface area contributed by atoms with Gasteiger partial charge in [-0.1, -0.05) is 29.3 Å². The van der Waals surface area contributed by atoms with E-state index in [0.29, 0.717) is 23.1 Å². The monoisotopic (exact) mass is 421 g/mol. The maximum absolute atomic E-state index is 12.6. The number of hydrogen-bond donors (Lipinski definition) is 1. The summed E-state index contributed by atoms with van der Waals surface area (Å²) < 4.78 is 5.20. The molecular formula is C21H25Cl2N3O2. The first-order chi connectivity index (χ1) is 13.5. The van der Waals surface area contributed by atoms with Crippen LogP contribution in [0.15, 0.2) is 42.5 Å². The maximum atomic E-state index is 12.6. The molecule has 0 saturated carbocycles. The van der Waals surface area contributed by atoms with Crippen LogP contribution in [0.5, 0.6) is 5.75 Å². The van der Waals surface area contributed by atoms with Crippen LogP contribution in [0.25, 0.3) is 0 Å². The van der Waals surface area contributed by atoms with Gasteiger partial charge < -0.3 is 19.9 Å². The van der Waals surface area contributed by atoms with Crippen molar-refractivity contribution in [2.75, 3.05) is 44.7 Å². The van der Waals surface area contributed by atoms with Crippen LogP contribution in [-0.2, 0) is 4.79 Å². The fourth-order valence-corrected chi connectivity index (χ4v) is 3.89. The normalized spacial score (nSPS) is 15.4. The minimum absolute atomic E-state index is 0.0331. The Kier molecular flexibility index (Phi) is 7.05. The van der Waals surface area contributed by atoms with Gasteiger partial charge in [0.25, 0.3) is 0 Å². The van der Waals surface area contributed by atoms with Crippen LogP contribution >= 0.6 is 23.2 Å². The highest BCUT2D eigenvalue weighted by molar-refractivity contribution is 6.35. The molecule has 0 spiro atoms. The number of benzene rings is 2. The zero-order valence-corrected chi connectivity index (χ0v) is 17.6. The molecule has 1 aliphatic rings. The Morgan fingerprint density at radius 2 is 1.79 bits per heavy atom. The fraction of sp³-hybridized carbons (Fsp3) is 0.381. The Labute approximate surface area is 176 Å². The second-order valence-electron chi connectivity index (χ2n) is 6.83. The molecule has 1 fully saturated rings. The van der Waals surface area contributed by atoms with Crippen molar-refractivity contribution in [2.24, 2.45) is 0 Å². The van der Waals surface area contributed by atoms with Crippen LogP contribution in [-0.4, -0.2) is 50.6 Å². The number of methoxy groups -OCH3 is 1. The van der Waals surface area contributed by atoms with Gasteiger partial charge in [0.2, 0.25) is 5.91 Å². The van der Waals surface area contributed by atoms with Crippen LogP contribution in [0.3, 0.4) is 0 Å². The third kappa shape index (κ3) is 5.10. The fourth-order valence-electron chi connectivity index (χ4n) is 3.32. The first-order valence-electron chi connectivity index (χ1n) is 9.33. The third-order valence-corrected chi connectivity index (χ3v) is 5.62. The standard InChI is InChI=1S/C21H25Cl2N3O2/c1-15(19-8-3-16(22)13-20(19)23)24-14-21(27)26-11-9-25(10-12-26)17-4-6-18(28-2)7-5-17/h3-8,13,15,24H,9-12,14H2,1-2H3/t15-/m0/s1. The van der Waals surface area contributed by atoms with E-state index in [1.165, 1.54) is 0 Å². The van der Waals surface area contributed by atoms with Crippen molar-refractivity contribution in [1.82, 2.24) is 10.2 Å². The number of nitrogens with zero attached hydrogens (tertiary/aromatic N) is 2. The Balaban J connectivity index is 1.48. The molecule has 1 aliphatic heterocycles. The molecular weight excluding hydrogens is 397 g/mol. The van der Waals surface area contributed by atoms with E-state index in [9.17, 15) is 4.79 Å². The molecule has 3 rings (SSSR count). The summed E-state index contributed by atoms with van der Waals surface area (Å²) in [6, 6.07) is 13.4. The van der Waals surface area contributed by atoms with E-state index < -0.39 is 0 Å². The first-order valence-corrected chi connectivity index (χ1v) is 10.1. The average Bonchev–Trinajstić information content (AvgIpc) is 2.72. The molecule has 0 bridgehead atoms. The van der Waals surface area contributed by atoms with Gasteiger partial charge >= 0.3 is 0 Å². The molecule has 0 aromatic heterocycles. The second-order valence-corrected chi connectivity index (χ2v) is 7.68. The van der Waals surface area contributed by atoms with Crippen LogP contribution < -0.4 is 15.0 Å². The van der Waals surface area contributed by atoms with E-state index in [-0.39, 0.29) is 18.5 Å². The lowest BCUT2D eigenvalue weighted by atomic mass is 10.1. The van der Waals surface area contributed by atoms with Gasteiger partial charge in [0.15, 0.2) is 0 Å². The summed E-state index contributed by atoms with van der Waals surface area (Å²) in [5.74, 6) is 0.949. The summed E-state index contributed by atoms with van der Waals surface area (Å²) in [5.41, 5.74) is 2.08. The topological polar surface area (TPSA) is 44.8 Å². The summed E-state index contributed by atoms with van der Waals surface area (Å²) in [6.07, 6.45) is 0. The highest BCUT2D eigenvalue weighted by atomic mass is 35.5. The minimum atomic E-state index is -0.0331. The Hall–Kier alpha value is -1.95. The molecule has 150 valence electrons. The van der Waals surface area contributed by atoms with Crippen molar-refractivity contribution in [3.05, 3.63) is 58.1 Å². The maximum Gasteiger partial charge on any atom is 0.236 e. The van der Waals surface area contributed by atoms with Crippen LogP contribution in [0.4, 0.5) is 5.69 Å². The summed E-state index contributed by atoms with van der Waals surface area (Å²) in [6.45, 7) is 5.32. The van der Waals surface area contributed by atoms with Gasteiger partial charge in [-0.2, -0.15) is 0 Å². The van der Waals surface area contributed by atoms with E-state index in [4.69, 9.17) is 27.9 Å². The van der Waals surface area contributed by atoms with Crippen LogP contribution in [0.1, 0.15) is 18.5 Å². The van der Waals surface area contributed by atoms with Gasteiger partial charge in [0, 0.05) is 48.0 Å². The summed E-state index contributed by atoms with van der Waals surface area (Å²) in [7, 11) is 1.66. The minimum Gasteiger partial charge on any atom is -0.497 e. The number of nitrogens with one attached hydrogen (secondary N) is 1. The van der Waals surface area contributed by atoms with Crippen molar-refractivity contribution in [2.45, 2.75) is 13.0 Å². The van der Waals surface area contributed by atoms with Crippen LogP contribution in [0, 0.1) is 0 Å². The van der Waals surface area contributed by atoms with Crippen molar-refractivity contribution in [3.8, 4) is 5.75 Å². The number of amides is 1. The molecule has 7 heteroatoms. The van der Waals surface area contributed by atoms with Gasteiger partial charge in [-0.3, -0.25) is 4.79 Å². The molecule has 1 N–H and O–H groups in total. The van der Waals surface area contributed by atoms with Crippen LogP contribution in [0.2, 0.25) is 10.0 Å². The number of carbonyl (C=O) groups excluding carboxylic acids is 1. The summed E-state index contributed by atoms with van der Waals surface area (Å²) >= 11 is 12.2. The zero-order valence-electron chi connectivity index (χ0n) is 16.1. The Morgan fingerprint density at radius 3 is 2.39 bits per heavy atom.